The van der Waals surface area contributed by atoms with Crippen LogP contribution in [0.3, 0.4) is 0 Å². The largest absolute Gasteiger partial charge is 0.356 e. The number of thiazole rings is 1. The van der Waals surface area contributed by atoms with Crippen LogP contribution in [0.4, 0.5) is 0 Å². The number of H-pyrrole nitrogens is 1. The Labute approximate surface area is 133 Å². The molecule has 0 spiro atoms. The summed E-state index contributed by atoms with van der Waals surface area (Å²) in [6.45, 7) is 2.04. The molecule has 2 aromatic heterocycles. The van der Waals surface area contributed by atoms with Crippen molar-refractivity contribution in [1.82, 2.24) is 15.3 Å². The summed E-state index contributed by atoms with van der Waals surface area (Å²) >= 11 is 1.78. The minimum Gasteiger partial charge on any atom is -0.356 e. The monoisotopic (exact) mass is 317 g/mol. The van der Waals surface area contributed by atoms with Crippen molar-refractivity contribution in [2.24, 2.45) is 0 Å². The molecule has 116 valence electrons. The maximum atomic E-state index is 12.0. The zero-order chi connectivity index (χ0) is 15.5. The number of aryl methyl sites for hydroxylation is 2. The normalized spacial score (nSPS) is 13.7. The van der Waals surface area contributed by atoms with Crippen molar-refractivity contribution >= 4 is 23.0 Å². The molecule has 0 unspecified atom stereocenters. The number of carbonyl (C=O) groups is 2. The lowest BCUT2D eigenvalue weighted by molar-refractivity contribution is 0.0949. The number of rotatable bonds is 5. The van der Waals surface area contributed by atoms with Gasteiger partial charge in [-0.2, -0.15) is 0 Å². The lowest BCUT2D eigenvalue weighted by Crippen LogP contribution is -2.25. The quantitative estimate of drug-likeness (QED) is 0.832. The number of fused-ring (bicyclic) bond motifs is 1. The van der Waals surface area contributed by atoms with E-state index in [9.17, 15) is 9.59 Å². The number of hydrogen-bond donors (Lipinski definition) is 2. The van der Waals surface area contributed by atoms with Gasteiger partial charge in [-0.1, -0.05) is 0 Å². The Hall–Kier alpha value is -1.95. The molecule has 0 atom stereocenters. The van der Waals surface area contributed by atoms with E-state index in [0.717, 1.165) is 24.3 Å². The summed E-state index contributed by atoms with van der Waals surface area (Å²) in [6, 6.07) is 1.58. The van der Waals surface area contributed by atoms with Gasteiger partial charge in [0.2, 0.25) is 0 Å². The van der Waals surface area contributed by atoms with Crippen LogP contribution in [-0.2, 0) is 19.3 Å². The molecule has 2 aromatic rings. The molecule has 5 nitrogen and oxygen atoms in total. The van der Waals surface area contributed by atoms with Gasteiger partial charge in [-0.15, -0.1) is 11.3 Å². The molecule has 0 saturated heterocycles. The first-order valence-electron chi connectivity index (χ1n) is 7.58. The third-order valence-corrected chi connectivity index (χ3v) is 5.07. The van der Waals surface area contributed by atoms with Crippen molar-refractivity contribution in [3.05, 3.63) is 39.1 Å². The predicted molar refractivity (Wildman–Crippen MR) is 85.6 cm³/mol. The summed E-state index contributed by atoms with van der Waals surface area (Å²) in [7, 11) is 0. The average molecular weight is 317 g/mol. The van der Waals surface area contributed by atoms with Gasteiger partial charge in [-0.3, -0.25) is 9.59 Å². The van der Waals surface area contributed by atoms with E-state index < -0.39 is 0 Å². The van der Waals surface area contributed by atoms with Crippen LogP contribution in [0.2, 0.25) is 0 Å². The smallest absolute Gasteiger partial charge is 0.267 e. The van der Waals surface area contributed by atoms with Crippen LogP contribution in [0.1, 0.15) is 56.2 Å². The Morgan fingerprint density at radius 2 is 2.18 bits per heavy atom. The molecule has 2 heterocycles. The van der Waals surface area contributed by atoms with Crippen LogP contribution in [0.25, 0.3) is 0 Å². The van der Waals surface area contributed by atoms with Gasteiger partial charge in [0.25, 0.3) is 5.91 Å². The summed E-state index contributed by atoms with van der Waals surface area (Å²) < 4.78 is 0. The fourth-order valence-electron chi connectivity index (χ4n) is 2.62. The molecular weight excluding hydrogens is 298 g/mol. The Morgan fingerprint density at radius 3 is 2.91 bits per heavy atom. The lowest BCUT2D eigenvalue weighted by atomic mass is 10.0. The molecule has 0 bridgehead atoms. The van der Waals surface area contributed by atoms with E-state index in [1.807, 2.05) is 0 Å². The number of aromatic amines is 1. The summed E-state index contributed by atoms with van der Waals surface area (Å²) in [5, 5.41) is 3.97. The van der Waals surface area contributed by atoms with Crippen molar-refractivity contribution in [2.45, 2.75) is 39.0 Å². The molecule has 0 radical (unpaired) electrons. The molecular formula is C16H19N3O2S. The minimum absolute atomic E-state index is 0.0522. The average Bonchev–Trinajstić information content (AvgIpc) is 3.13. The highest BCUT2D eigenvalue weighted by Gasteiger charge is 2.15. The van der Waals surface area contributed by atoms with Gasteiger partial charge in [0.1, 0.15) is 5.69 Å². The van der Waals surface area contributed by atoms with Crippen molar-refractivity contribution in [1.29, 1.82) is 0 Å². The Bertz CT molecular complexity index is 679. The van der Waals surface area contributed by atoms with Crippen LogP contribution in [0.5, 0.6) is 0 Å². The number of amides is 1. The van der Waals surface area contributed by atoms with E-state index in [4.69, 9.17) is 0 Å². The number of aromatic nitrogens is 2. The van der Waals surface area contributed by atoms with E-state index in [2.05, 4.69) is 15.3 Å². The maximum Gasteiger partial charge on any atom is 0.267 e. The first kappa shape index (κ1) is 15.0. The third kappa shape index (κ3) is 3.27. The predicted octanol–water partition coefficient (Wildman–Crippen LogP) is 2.53. The summed E-state index contributed by atoms with van der Waals surface area (Å²) in [4.78, 5) is 32.1. The van der Waals surface area contributed by atoms with E-state index in [0.29, 0.717) is 17.8 Å². The van der Waals surface area contributed by atoms with Gasteiger partial charge in [0.15, 0.2) is 5.78 Å². The van der Waals surface area contributed by atoms with Crippen LogP contribution in [-0.4, -0.2) is 28.2 Å². The van der Waals surface area contributed by atoms with Crippen molar-refractivity contribution in [3.8, 4) is 0 Å². The number of nitrogens with one attached hydrogen (secondary N) is 2. The second-order valence-electron chi connectivity index (χ2n) is 5.55. The van der Waals surface area contributed by atoms with E-state index in [1.165, 1.54) is 30.3 Å². The van der Waals surface area contributed by atoms with Gasteiger partial charge in [0, 0.05) is 29.6 Å². The van der Waals surface area contributed by atoms with Crippen LogP contribution < -0.4 is 5.32 Å². The van der Waals surface area contributed by atoms with Crippen molar-refractivity contribution in [3.63, 3.8) is 0 Å². The second kappa shape index (κ2) is 6.44. The number of nitrogens with zero attached hydrogens (tertiary/aromatic N) is 1. The fraction of sp³-hybridized carbons (Fsp3) is 0.438. The standard InChI is InChI=1S/C16H19N3O2S/c1-10(20)11-8-13(18-9-11)16(21)17-7-6-15-19-12-4-2-3-5-14(12)22-15/h8-9,18H,2-7H2,1H3,(H,17,21). The molecule has 22 heavy (non-hydrogen) atoms. The zero-order valence-corrected chi connectivity index (χ0v) is 13.4. The molecule has 2 N–H and O–H groups in total. The molecule has 0 saturated carbocycles. The van der Waals surface area contributed by atoms with Gasteiger partial charge in [-0.05, 0) is 38.7 Å². The highest BCUT2D eigenvalue weighted by Crippen LogP contribution is 2.26. The molecule has 1 aliphatic rings. The maximum absolute atomic E-state index is 12.0. The second-order valence-corrected chi connectivity index (χ2v) is 6.72. The van der Waals surface area contributed by atoms with Crippen LogP contribution >= 0.6 is 11.3 Å². The van der Waals surface area contributed by atoms with E-state index in [1.54, 1.807) is 23.6 Å². The van der Waals surface area contributed by atoms with Crippen LogP contribution in [0.15, 0.2) is 12.3 Å². The minimum atomic E-state index is -0.186. The molecule has 0 aliphatic heterocycles. The lowest BCUT2D eigenvalue weighted by Gasteiger charge is -2.06. The number of Topliss-reactive ketones (excluding diaryl/α,β-unsaturated/α-hetero) is 1. The molecule has 1 amide bonds. The zero-order valence-electron chi connectivity index (χ0n) is 12.6. The summed E-state index contributed by atoms with van der Waals surface area (Å²) in [6.07, 6.45) is 7.05. The van der Waals surface area contributed by atoms with Crippen LogP contribution in [0, 0.1) is 0 Å². The molecule has 0 aromatic carbocycles. The Morgan fingerprint density at radius 1 is 1.36 bits per heavy atom. The topological polar surface area (TPSA) is 74.8 Å². The van der Waals surface area contributed by atoms with E-state index in [-0.39, 0.29) is 11.7 Å². The van der Waals surface area contributed by atoms with Gasteiger partial charge >= 0.3 is 0 Å². The molecule has 0 fully saturated rings. The summed E-state index contributed by atoms with van der Waals surface area (Å²) in [5.41, 5.74) is 2.20. The van der Waals surface area contributed by atoms with Gasteiger partial charge in [-0.25, -0.2) is 4.98 Å². The van der Waals surface area contributed by atoms with Gasteiger partial charge in [0.05, 0.1) is 10.7 Å². The fourth-order valence-corrected chi connectivity index (χ4v) is 3.78. The highest BCUT2D eigenvalue weighted by atomic mass is 32.1. The summed E-state index contributed by atoms with van der Waals surface area (Å²) in [5.74, 6) is -0.238. The van der Waals surface area contributed by atoms with E-state index >= 15 is 0 Å². The number of hydrogen-bond acceptors (Lipinski definition) is 4. The first-order chi connectivity index (χ1) is 10.6. The molecule has 1 aliphatic carbocycles. The Kier molecular flexibility index (Phi) is 4.38. The number of carbonyl (C=O) groups excluding carboxylic acids is 2. The number of ketones is 1. The third-order valence-electron chi connectivity index (χ3n) is 3.85. The SMILES string of the molecule is CC(=O)c1c[nH]c(C(=O)NCCc2nc3c(s2)CCCC3)c1. The molecule has 6 heteroatoms. The Balaban J connectivity index is 1.52. The van der Waals surface area contributed by atoms with Crippen molar-refractivity contribution < 1.29 is 9.59 Å². The van der Waals surface area contributed by atoms with Gasteiger partial charge < -0.3 is 10.3 Å². The molecule has 3 rings (SSSR count). The van der Waals surface area contributed by atoms with Crippen molar-refractivity contribution in [2.75, 3.05) is 6.54 Å². The first-order valence-corrected chi connectivity index (χ1v) is 8.40. The highest BCUT2D eigenvalue weighted by molar-refractivity contribution is 7.11.